The molecule has 10 heteroatoms. The molecule has 4 rings (SSSR count). The summed E-state index contributed by atoms with van der Waals surface area (Å²) in [6, 6.07) is 5.42. The van der Waals surface area contributed by atoms with Crippen molar-refractivity contribution >= 4 is 62.7 Å². The second kappa shape index (κ2) is 8.00. The first-order valence-corrected chi connectivity index (χ1v) is 12.0. The number of nitrogens with zero attached hydrogens (tertiary/aromatic N) is 1. The van der Waals surface area contributed by atoms with Gasteiger partial charge >= 0.3 is 0 Å². The largest absolute Gasteiger partial charge is 0.394 e. The molecule has 2 bridgehead atoms. The zero-order chi connectivity index (χ0) is 21.8. The van der Waals surface area contributed by atoms with E-state index in [1.807, 2.05) is 0 Å². The van der Waals surface area contributed by atoms with E-state index in [4.69, 9.17) is 11.6 Å². The van der Waals surface area contributed by atoms with Gasteiger partial charge in [-0.25, -0.2) is 0 Å². The van der Waals surface area contributed by atoms with Crippen LogP contribution in [0.3, 0.4) is 0 Å². The van der Waals surface area contributed by atoms with Crippen LogP contribution in [0.2, 0.25) is 5.02 Å². The van der Waals surface area contributed by atoms with E-state index in [2.05, 4.69) is 26.6 Å². The van der Waals surface area contributed by atoms with Crippen LogP contribution in [0, 0.1) is 11.8 Å². The molecule has 162 valence electrons. The Morgan fingerprint density at radius 3 is 2.63 bits per heavy atom. The van der Waals surface area contributed by atoms with Crippen molar-refractivity contribution in [3.05, 3.63) is 29.3 Å². The summed E-state index contributed by atoms with van der Waals surface area (Å²) in [6.45, 7) is 1.45. The van der Waals surface area contributed by atoms with Crippen molar-refractivity contribution in [3.63, 3.8) is 0 Å². The van der Waals surface area contributed by atoms with Crippen LogP contribution in [-0.2, 0) is 14.4 Å². The number of aliphatic hydroxyl groups excluding tert-OH is 1. The number of hydrogen-bond acceptors (Lipinski definition) is 5. The molecule has 3 aliphatic rings. The monoisotopic (exact) mass is 515 g/mol. The van der Waals surface area contributed by atoms with Crippen LogP contribution < -0.4 is 10.6 Å². The van der Waals surface area contributed by atoms with Gasteiger partial charge in [-0.05, 0) is 37.6 Å². The number of rotatable bonds is 5. The summed E-state index contributed by atoms with van der Waals surface area (Å²) in [5.74, 6) is -1.87. The van der Waals surface area contributed by atoms with Gasteiger partial charge in [0.05, 0.1) is 29.2 Å². The fourth-order valence-corrected chi connectivity index (χ4v) is 8.87. The molecule has 3 heterocycles. The summed E-state index contributed by atoms with van der Waals surface area (Å²) >= 11 is 11.2. The van der Waals surface area contributed by atoms with E-state index >= 15 is 0 Å². The Morgan fingerprint density at radius 1 is 1.37 bits per heavy atom. The number of benzene rings is 1. The lowest BCUT2D eigenvalue weighted by molar-refractivity contribution is -0.141. The van der Waals surface area contributed by atoms with Gasteiger partial charge in [0.15, 0.2) is 0 Å². The topological polar surface area (TPSA) is 98.7 Å². The van der Waals surface area contributed by atoms with Crippen LogP contribution in [0.15, 0.2) is 24.3 Å². The predicted molar refractivity (Wildman–Crippen MR) is 120 cm³/mol. The number of anilines is 1. The van der Waals surface area contributed by atoms with Crippen molar-refractivity contribution in [2.45, 2.75) is 40.3 Å². The summed E-state index contributed by atoms with van der Waals surface area (Å²) in [4.78, 5) is 41.2. The summed E-state index contributed by atoms with van der Waals surface area (Å²) in [6.07, 6.45) is 0.597. The molecule has 1 spiro atoms. The number of hydrogen-bond donors (Lipinski definition) is 3. The average Bonchev–Trinajstić information content (AvgIpc) is 3.32. The van der Waals surface area contributed by atoms with Gasteiger partial charge in [0, 0.05) is 27.8 Å². The highest BCUT2D eigenvalue weighted by Crippen LogP contribution is 2.67. The van der Waals surface area contributed by atoms with Gasteiger partial charge < -0.3 is 20.6 Å². The van der Waals surface area contributed by atoms with Crippen molar-refractivity contribution in [3.8, 4) is 0 Å². The number of nitrogens with one attached hydrogen (secondary N) is 2. The Kier molecular flexibility index (Phi) is 5.85. The molecule has 0 radical (unpaired) electrons. The molecule has 30 heavy (non-hydrogen) atoms. The van der Waals surface area contributed by atoms with Crippen LogP contribution in [0.4, 0.5) is 5.69 Å². The first-order chi connectivity index (χ1) is 14.2. The normalized spacial score (nSPS) is 35.3. The molecule has 0 aliphatic carbocycles. The number of carbonyl (C=O) groups is 3. The molecule has 7 atom stereocenters. The smallest absolute Gasteiger partial charge is 0.248 e. The maximum absolute atomic E-state index is 13.5. The van der Waals surface area contributed by atoms with Crippen molar-refractivity contribution in [1.29, 1.82) is 0 Å². The van der Waals surface area contributed by atoms with Crippen LogP contribution in [0.1, 0.15) is 13.3 Å². The standard InChI is InChI=1S/C20H23BrClN3O4S/c1-9(8-26)25-16(18(28)24-11-5-3-10(22)4-6-11)20-7-12(21)15(30-20)13(17(27)23-2)14(20)19(25)29/h3-6,9,12-16,26H,7-8H2,1-2H3,(H,23,27)(H,24,28)/t9-,12?,13-,14+,15-,16?,20?/m1/s1. The van der Waals surface area contributed by atoms with Crippen molar-refractivity contribution < 1.29 is 19.5 Å². The van der Waals surface area contributed by atoms with Crippen LogP contribution in [-0.4, -0.2) is 68.3 Å². The fourth-order valence-electron chi connectivity index (χ4n) is 5.14. The number of likely N-dealkylation sites (tertiary alicyclic amines) is 1. The maximum Gasteiger partial charge on any atom is 0.248 e. The highest BCUT2D eigenvalue weighted by atomic mass is 79.9. The number of aliphatic hydroxyl groups is 1. The van der Waals surface area contributed by atoms with Gasteiger partial charge in [0.1, 0.15) is 6.04 Å². The predicted octanol–water partition coefficient (Wildman–Crippen LogP) is 1.87. The van der Waals surface area contributed by atoms with E-state index in [0.717, 1.165) is 0 Å². The number of thioether (sulfide) groups is 1. The highest BCUT2D eigenvalue weighted by Gasteiger charge is 2.75. The molecule has 3 unspecified atom stereocenters. The van der Waals surface area contributed by atoms with Crippen LogP contribution in [0.5, 0.6) is 0 Å². The number of carbonyl (C=O) groups excluding carboxylic acids is 3. The first-order valence-electron chi connectivity index (χ1n) is 9.78. The van der Waals surface area contributed by atoms with Crippen LogP contribution in [0.25, 0.3) is 0 Å². The molecule has 3 saturated heterocycles. The molecule has 3 N–H and O–H groups in total. The van der Waals surface area contributed by atoms with Gasteiger partial charge in [-0.1, -0.05) is 27.5 Å². The Bertz CT molecular complexity index is 887. The lowest BCUT2D eigenvalue weighted by atomic mass is 9.70. The molecule has 0 saturated carbocycles. The van der Waals surface area contributed by atoms with E-state index in [0.29, 0.717) is 17.1 Å². The fraction of sp³-hybridized carbons (Fsp3) is 0.550. The molecule has 1 aromatic rings. The summed E-state index contributed by atoms with van der Waals surface area (Å²) in [7, 11) is 1.56. The van der Waals surface area contributed by atoms with Gasteiger partial charge in [-0.15, -0.1) is 11.8 Å². The second-order valence-corrected chi connectivity index (χ2v) is 11.2. The SMILES string of the molecule is CNC(=O)[C@H]1[C@@H]2SC3(CC2Br)C(C(=O)Nc2ccc(Cl)cc2)N([C@H](C)CO)C(=O)[C@H]13. The van der Waals surface area contributed by atoms with E-state index in [1.165, 1.54) is 4.90 Å². The molecule has 3 amide bonds. The van der Waals surface area contributed by atoms with Crippen molar-refractivity contribution in [2.24, 2.45) is 11.8 Å². The third-order valence-electron chi connectivity index (χ3n) is 6.38. The molecule has 7 nitrogen and oxygen atoms in total. The van der Waals surface area contributed by atoms with E-state index in [9.17, 15) is 19.5 Å². The zero-order valence-corrected chi connectivity index (χ0v) is 19.6. The molecule has 3 aliphatic heterocycles. The highest BCUT2D eigenvalue weighted by molar-refractivity contribution is 9.09. The van der Waals surface area contributed by atoms with Gasteiger partial charge in [-0.2, -0.15) is 0 Å². The zero-order valence-electron chi connectivity index (χ0n) is 16.5. The van der Waals surface area contributed by atoms with Gasteiger partial charge in [-0.3, -0.25) is 14.4 Å². The van der Waals surface area contributed by atoms with Crippen molar-refractivity contribution in [1.82, 2.24) is 10.2 Å². The molecular formula is C20H23BrClN3O4S. The Labute approximate surface area is 192 Å². The Balaban J connectivity index is 1.75. The lowest BCUT2D eigenvalue weighted by Gasteiger charge is -2.36. The Morgan fingerprint density at radius 2 is 2.03 bits per heavy atom. The van der Waals surface area contributed by atoms with E-state index in [-0.39, 0.29) is 34.4 Å². The van der Waals surface area contributed by atoms with E-state index < -0.39 is 28.7 Å². The molecular weight excluding hydrogens is 494 g/mol. The minimum atomic E-state index is -0.794. The number of fused-ring (bicyclic) bond motifs is 1. The molecule has 1 aromatic carbocycles. The molecule has 3 fully saturated rings. The number of amides is 3. The van der Waals surface area contributed by atoms with Gasteiger partial charge in [0.2, 0.25) is 17.7 Å². The summed E-state index contributed by atoms with van der Waals surface area (Å²) < 4.78 is -0.729. The number of alkyl halides is 1. The van der Waals surface area contributed by atoms with E-state index in [1.54, 1.807) is 50.0 Å². The molecule has 0 aromatic heterocycles. The maximum atomic E-state index is 13.5. The number of halogens is 2. The third-order valence-corrected chi connectivity index (χ3v) is 9.85. The quantitative estimate of drug-likeness (QED) is 0.519. The summed E-state index contributed by atoms with van der Waals surface area (Å²) in [5.41, 5.74) is 0.573. The van der Waals surface area contributed by atoms with Crippen LogP contribution >= 0.6 is 39.3 Å². The first kappa shape index (κ1) is 21.9. The summed E-state index contributed by atoms with van der Waals surface area (Å²) in [5, 5.41) is 15.9. The van der Waals surface area contributed by atoms with Crippen molar-refractivity contribution in [2.75, 3.05) is 19.0 Å². The minimum absolute atomic E-state index is 0.0177. The Hall–Kier alpha value is -1.29. The average molecular weight is 517 g/mol. The third kappa shape index (κ3) is 3.16. The lowest BCUT2D eigenvalue weighted by Crippen LogP contribution is -2.54. The van der Waals surface area contributed by atoms with Gasteiger partial charge in [0.25, 0.3) is 0 Å². The minimum Gasteiger partial charge on any atom is -0.394 e. The second-order valence-electron chi connectivity index (χ2n) is 8.05.